The van der Waals surface area contributed by atoms with Crippen molar-refractivity contribution in [3.05, 3.63) is 24.0 Å². The fourth-order valence-corrected chi connectivity index (χ4v) is 3.92. The summed E-state index contributed by atoms with van der Waals surface area (Å²) < 4.78 is 5.38. The van der Waals surface area contributed by atoms with Crippen LogP contribution in [0.25, 0.3) is 0 Å². The van der Waals surface area contributed by atoms with E-state index < -0.39 is 0 Å². The van der Waals surface area contributed by atoms with Crippen LogP contribution in [-0.2, 0) is 4.74 Å². The number of ether oxygens (including phenoxy) is 1. The van der Waals surface area contributed by atoms with Crippen molar-refractivity contribution in [2.24, 2.45) is 5.41 Å². The third-order valence-electron chi connectivity index (χ3n) is 5.46. The van der Waals surface area contributed by atoms with Crippen molar-refractivity contribution in [3.63, 3.8) is 0 Å². The Hall–Kier alpha value is -1.62. The molecule has 1 amide bonds. The van der Waals surface area contributed by atoms with Gasteiger partial charge in [-0.25, -0.2) is 0 Å². The van der Waals surface area contributed by atoms with Crippen molar-refractivity contribution in [1.29, 1.82) is 0 Å². The summed E-state index contributed by atoms with van der Waals surface area (Å²) in [7, 11) is 0. The minimum atomic E-state index is -0.0201. The van der Waals surface area contributed by atoms with Crippen LogP contribution < -0.4 is 10.2 Å². The zero-order chi connectivity index (χ0) is 15.0. The van der Waals surface area contributed by atoms with Gasteiger partial charge in [-0.05, 0) is 43.2 Å². The molecular weight excluding hydrogens is 278 g/mol. The summed E-state index contributed by atoms with van der Waals surface area (Å²) >= 11 is 0. The van der Waals surface area contributed by atoms with E-state index in [9.17, 15) is 4.79 Å². The average Bonchev–Trinajstić information content (AvgIpc) is 3.25. The second kappa shape index (κ2) is 5.54. The summed E-state index contributed by atoms with van der Waals surface area (Å²) in [6, 6.07) is 4.24. The van der Waals surface area contributed by atoms with Crippen LogP contribution in [0.3, 0.4) is 0 Å². The molecule has 1 unspecified atom stereocenters. The van der Waals surface area contributed by atoms with Gasteiger partial charge in [0.2, 0.25) is 0 Å². The number of rotatable bonds is 3. The molecule has 1 spiro atoms. The van der Waals surface area contributed by atoms with Gasteiger partial charge >= 0.3 is 0 Å². The molecule has 118 valence electrons. The molecule has 1 aliphatic heterocycles. The van der Waals surface area contributed by atoms with Crippen molar-refractivity contribution in [2.75, 3.05) is 31.2 Å². The molecule has 4 rings (SSSR count). The van der Waals surface area contributed by atoms with Gasteiger partial charge in [-0.1, -0.05) is 6.42 Å². The monoisotopic (exact) mass is 301 g/mol. The van der Waals surface area contributed by atoms with E-state index in [-0.39, 0.29) is 5.91 Å². The largest absolute Gasteiger partial charge is 0.378 e. The molecule has 0 aromatic carbocycles. The van der Waals surface area contributed by atoms with E-state index >= 15 is 0 Å². The first-order valence-electron chi connectivity index (χ1n) is 8.36. The SMILES string of the molecule is O=C(NC1CCCC12CC2)c1cc(N2CCOCC2)ccn1. The highest BCUT2D eigenvalue weighted by Gasteiger charge is 2.52. The first-order chi connectivity index (χ1) is 10.8. The number of aromatic nitrogens is 1. The van der Waals surface area contributed by atoms with Crippen LogP contribution >= 0.6 is 0 Å². The lowest BCUT2D eigenvalue weighted by molar-refractivity contribution is 0.0919. The first-order valence-corrected chi connectivity index (χ1v) is 8.36. The molecule has 1 aromatic heterocycles. The zero-order valence-electron chi connectivity index (χ0n) is 12.9. The number of amides is 1. The van der Waals surface area contributed by atoms with Crippen molar-refractivity contribution in [1.82, 2.24) is 10.3 Å². The van der Waals surface area contributed by atoms with Crippen molar-refractivity contribution >= 4 is 11.6 Å². The molecule has 1 aromatic rings. The van der Waals surface area contributed by atoms with Crippen molar-refractivity contribution < 1.29 is 9.53 Å². The van der Waals surface area contributed by atoms with Gasteiger partial charge in [0.15, 0.2) is 0 Å². The number of carbonyl (C=O) groups is 1. The lowest BCUT2D eigenvalue weighted by Gasteiger charge is -2.29. The molecule has 5 heteroatoms. The summed E-state index contributed by atoms with van der Waals surface area (Å²) in [4.78, 5) is 19.1. The minimum Gasteiger partial charge on any atom is -0.378 e. The fourth-order valence-electron chi connectivity index (χ4n) is 3.92. The Labute approximate surface area is 131 Å². The van der Waals surface area contributed by atoms with Crippen LogP contribution in [0.1, 0.15) is 42.6 Å². The van der Waals surface area contributed by atoms with Gasteiger partial charge in [0.25, 0.3) is 5.91 Å². The Morgan fingerprint density at radius 3 is 2.91 bits per heavy atom. The molecule has 0 bridgehead atoms. The maximum absolute atomic E-state index is 12.5. The van der Waals surface area contributed by atoms with E-state index in [0.717, 1.165) is 38.4 Å². The Kier molecular flexibility index (Phi) is 3.53. The smallest absolute Gasteiger partial charge is 0.270 e. The van der Waals surface area contributed by atoms with Crippen LogP contribution in [-0.4, -0.2) is 43.2 Å². The maximum Gasteiger partial charge on any atom is 0.270 e. The summed E-state index contributed by atoms with van der Waals surface area (Å²) in [6.45, 7) is 3.23. The molecule has 2 heterocycles. The number of hydrogen-bond acceptors (Lipinski definition) is 4. The molecule has 3 fully saturated rings. The average molecular weight is 301 g/mol. The Morgan fingerprint density at radius 1 is 1.32 bits per heavy atom. The van der Waals surface area contributed by atoms with Crippen LogP contribution in [0.15, 0.2) is 18.3 Å². The van der Waals surface area contributed by atoms with Gasteiger partial charge in [-0.2, -0.15) is 0 Å². The number of carbonyl (C=O) groups excluding carboxylic acids is 1. The van der Waals surface area contributed by atoms with E-state index in [1.54, 1.807) is 6.20 Å². The standard InChI is InChI=1S/C17H23N3O2/c21-16(19-15-2-1-4-17(15)5-6-17)14-12-13(3-7-18-14)20-8-10-22-11-9-20/h3,7,12,15H,1-2,4-6,8-11H2,(H,19,21). The fraction of sp³-hybridized carbons (Fsp3) is 0.647. The highest BCUT2D eigenvalue weighted by atomic mass is 16.5. The van der Waals surface area contributed by atoms with E-state index in [4.69, 9.17) is 4.74 Å². The second-order valence-electron chi connectivity index (χ2n) is 6.78. The summed E-state index contributed by atoms with van der Waals surface area (Å²) in [5.41, 5.74) is 2.03. The minimum absolute atomic E-state index is 0.0201. The predicted octanol–water partition coefficient (Wildman–Crippen LogP) is 1.98. The maximum atomic E-state index is 12.5. The van der Waals surface area contributed by atoms with Gasteiger partial charge in [0.1, 0.15) is 5.69 Å². The summed E-state index contributed by atoms with van der Waals surface area (Å²) in [5.74, 6) is -0.0201. The molecule has 1 N–H and O–H groups in total. The molecule has 1 saturated heterocycles. The zero-order valence-corrected chi connectivity index (χ0v) is 12.9. The normalized spacial score (nSPS) is 26.2. The third kappa shape index (κ3) is 2.58. The summed E-state index contributed by atoms with van der Waals surface area (Å²) in [6.07, 6.45) is 7.93. The predicted molar refractivity (Wildman–Crippen MR) is 84.0 cm³/mol. The highest BCUT2D eigenvalue weighted by molar-refractivity contribution is 5.93. The second-order valence-corrected chi connectivity index (χ2v) is 6.78. The number of pyridine rings is 1. The number of anilines is 1. The van der Waals surface area contributed by atoms with E-state index in [1.165, 1.54) is 25.7 Å². The van der Waals surface area contributed by atoms with Crippen LogP contribution in [0.5, 0.6) is 0 Å². The van der Waals surface area contributed by atoms with Crippen LogP contribution in [0, 0.1) is 5.41 Å². The molecule has 5 nitrogen and oxygen atoms in total. The van der Waals surface area contributed by atoms with Gasteiger partial charge in [-0.3, -0.25) is 9.78 Å². The molecular formula is C17H23N3O2. The van der Waals surface area contributed by atoms with Gasteiger partial charge in [0.05, 0.1) is 13.2 Å². The quantitative estimate of drug-likeness (QED) is 0.927. The van der Waals surface area contributed by atoms with Crippen molar-refractivity contribution in [3.8, 4) is 0 Å². The van der Waals surface area contributed by atoms with Crippen molar-refractivity contribution in [2.45, 2.75) is 38.1 Å². The molecule has 3 aliphatic rings. The number of nitrogens with one attached hydrogen (secondary N) is 1. The van der Waals surface area contributed by atoms with E-state index in [0.29, 0.717) is 17.2 Å². The molecule has 2 aliphatic carbocycles. The molecule has 0 radical (unpaired) electrons. The topological polar surface area (TPSA) is 54.5 Å². The summed E-state index contributed by atoms with van der Waals surface area (Å²) in [5, 5.41) is 3.23. The number of morpholine rings is 1. The highest BCUT2D eigenvalue weighted by Crippen LogP contribution is 2.57. The van der Waals surface area contributed by atoms with Gasteiger partial charge < -0.3 is 15.0 Å². The van der Waals surface area contributed by atoms with E-state index in [2.05, 4.69) is 15.2 Å². The van der Waals surface area contributed by atoms with Crippen LogP contribution in [0.4, 0.5) is 5.69 Å². The van der Waals surface area contributed by atoms with Gasteiger partial charge in [0, 0.05) is 31.0 Å². The number of hydrogen-bond donors (Lipinski definition) is 1. The Bertz CT molecular complexity index is 565. The third-order valence-corrected chi connectivity index (χ3v) is 5.46. The number of nitrogens with zero attached hydrogens (tertiary/aromatic N) is 2. The van der Waals surface area contributed by atoms with Crippen LogP contribution in [0.2, 0.25) is 0 Å². The molecule has 1 atom stereocenters. The lowest BCUT2D eigenvalue weighted by Crippen LogP contribution is -2.39. The van der Waals surface area contributed by atoms with Gasteiger partial charge in [-0.15, -0.1) is 0 Å². The van der Waals surface area contributed by atoms with E-state index in [1.807, 2.05) is 12.1 Å². The lowest BCUT2D eigenvalue weighted by atomic mass is 10.0. The Morgan fingerprint density at radius 2 is 2.14 bits per heavy atom. The Balaban J connectivity index is 1.46. The first kappa shape index (κ1) is 14.0. The molecule has 2 saturated carbocycles. The molecule has 22 heavy (non-hydrogen) atoms.